The van der Waals surface area contributed by atoms with Crippen LogP contribution < -0.4 is 20.3 Å². The smallest absolute Gasteiger partial charge is 0.314 e. The Bertz CT molecular complexity index is 784. The molecule has 3 rings (SSSR count). The van der Waals surface area contributed by atoms with E-state index in [0.29, 0.717) is 13.1 Å². The fraction of sp³-hybridized carbons (Fsp3) is 0.458. The van der Waals surface area contributed by atoms with Crippen LogP contribution >= 0.6 is 0 Å². The summed E-state index contributed by atoms with van der Waals surface area (Å²) in [6.45, 7) is 3.38. The minimum atomic E-state index is -0.113. The van der Waals surface area contributed by atoms with Crippen LogP contribution in [-0.4, -0.2) is 58.3 Å². The summed E-state index contributed by atoms with van der Waals surface area (Å²) in [6.07, 6.45) is 3.24. The van der Waals surface area contributed by atoms with E-state index in [-0.39, 0.29) is 12.1 Å². The molecule has 1 unspecified atom stereocenters. The fourth-order valence-corrected chi connectivity index (χ4v) is 3.87. The standard InChI is InChI=1S/C24H34N4O2/c1-27(2)21-10-8-20(9-11-21)23(28-16-4-5-17-28)18-26-24(29)25-15-14-19-6-12-22(30-3)13-7-19/h6-13,23H,4-5,14-18H2,1-3H3,(H2,25,26,29). The predicted molar refractivity (Wildman–Crippen MR) is 122 cm³/mol. The third kappa shape index (κ3) is 6.13. The SMILES string of the molecule is COc1ccc(CCNC(=O)NCC(c2ccc(N(C)C)cc2)N2CCCC2)cc1. The highest BCUT2D eigenvalue weighted by Gasteiger charge is 2.24. The molecule has 0 bridgehead atoms. The molecule has 1 atom stereocenters. The van der Waals surface area contributed by atoms with E-state index in [1.165, 1.54) is 29.7 Å². The average molecular weight is 411 g/mol. The Balaban J connectivity index is 1.51. The van der Waals surface area contributed by atoms with Gasteiger partial charge < -0.3 is 20.3 Å². The Labute approximate surface area is 180 Å². The number of carbonyl (C=O) groups is 1. The second-order valence-electron chi connectivity index (χ2n) is 7.98. The van der Waals surface area contributed by atoms with Gasteiger partial charge in [-0.05, 0) is 67.7 Å². The summed E-state index contributed by atoms with van der Waals surface area (Å²) in [5.74, 6) is 0.844. The zero-order chi connectivity index (χ0) is 21.3. The Morgan fingerprint density at radius 1 is 1.03 bits per heavy atom. The maximum absolute atomic E-state index is 12.4. The van der Waals surface area contributed by atoms with Crippen LogP contribution in [0.4, 0.5) is 10.5 Å². The first-order valence-electron chi connectivity index (χ1n) is 10.7. The zero-order valence-electron chi connectivity index (χ0n) is 18.4. The van der Waals surface area contributed by atoms with Gasteiger partial charge in [0.1, 0.15) is 5.75 Å². The summed E-state index contributed by atoms with van der Waals surface area (Å²) < 4.78 is 5.18. The lowest BCUT2D eigenvalue weighted by Gasteiger charge is -2.28. The van der Waals surface area contributed by atoms with Crippen molar-refractivity contribution in [3.05, 3.63) is 59.7 Å². The minimum absolute atomic E-state index is 0.113. The van der Waals surface area contributed by atoms with Gasteiger partial charge in [-0.25, -0.2) is 4.79 Å². The van der Waals surface area contributed by atoms with E-state index in [0.717, 1.165) is 25.3 Å². The van der Waals surface area contributed by atoms with Crippen LogP contribution in [0.3, 0.4) is 0 Å². The largest absolute Gasteiger partial charge is 0.497 e. The highest BCUT2D eigenvalue weighted by atomic mass is 16.5. The molecular formula is C24H34N4O2. The van der Waals surface area contributed by atoms with Crippen LogP contribution in [0, 0.1) is 0 Å². The summed E-state index contributed by atoms with van der Waals surface area (Å²) in [5.41, 5.74) is 3.61. The van der Waals surface area contributed by atoms with Gasteiger partial charge in [0.2, 0.25) is 0 Å². The molecule has 2 aromatic rings. The Hall–Kier alpha value is -2.73. The van der Waals surface area contributed by atoms with Gasteiger partial charge in [0.15, 0.2) is 0 Å². The molecule has 6 heteroatoms. The molecular weight excluding hydrogens is 376 g/mol. The number of nitrogens with zero attached hydrogens (tertiary/aromatic N) is 2. The summed E-state index contributed by atoms with van der Waals surface area (Å²) in [7, 11) is 5.75. The molecule has 162 valence electrons. The molecule has 0 saturated carbocycles. The third-order valence-electron chi connectivity index (χ3n) is 5.69. The van der Waals surface area contributed by atoms with Gasteiger partial charge in [-0.15, -0.1) is 0 Å². The molecule has 30 heavy (non-hydrogen) atoms. The van der Waals surface area contributed by atoms with E-state index < -0.39 is 0 Å². The highest BCUT2D eigenvalue weighted by molar-refractivity contribution is 5.73. The van der Waals surface area contributed by atoms with Gasteiger partial charge >= 0.3 is 6.03 Å². The molecule has 0 radical (unpaired) electrons. The zero-order valence-corrected chi connectivity index (χ0v) is 18.4. The van der Waals surface area contributed by atoms with Crippen molar-refractivity contribution in [1.82, 2.24) is 15.5 Å². The summed E-state index contributed by atoms with van der Waals surface area (Å²) in [4.78, 5) is 16.9. The van der Waals surface area contributed by atoms with Crippen molar-refractivity contribution >= 4 is 11.7 Å². The van der Waals surface area contributed by atoms with Crippen LogP contribution in [0.2, 0.25) is 0 Å². The quantitative estimate of drug-likeness (QED) is 0.665. The van der Waals surface area contributed by atoms with Crippen molar-refractivity contribution < 1.29 is 9.53 Å². The summed E-state index contributed by atoms with van der Waals surface area (Å²) in [6, 6.07) is 16.7. The number of likely N-dealkylation sites (tertiary alicyclic amines) is 1. The molecule has 1 saturated heterocycles. The van der Waals surface area contributed by atoms with Crippen molar-refractivity contribution in [3.63, 3.8) is 0 Å². The molecule has 1 fully saturated rings. The third-order valence-corrected chi connectivity index (χ3v) is 5.69. The lowest BCUT2D eigenvalue weighted by Crippen LogP contribution is -2.42. The first-order valence-corrected chi connectivity index (χ1v) is 10.7. The second-order valence-corrected chi connectivity index (χ2v) is 7.98. The maximum Gasteiger partial charge on any atom is 0.314 e. The van der Waals surface area contributed by atoms with Gasteiger partial charge in [-0.2, -0.15) is 0 Å². The molecule has 1 aliphatic heterocycles. The number of rotatable bonds is 9. The lowest BCUT2D eigenvalue weighted by atomic mass is 10.0. The molecule has 0 spiro atoms. The normalized spacial score (nSPS) is 14.9. The number of urea groups is 1. The van der Waals surface area contributed by atoms with E-state index in [2.05, 4.69) is 44.7 Å². The van der Waals surface area contributed by atoms with Crippen molar-refractivity contribution in [1.29, 1.82) is 0 Å². The van der Waals surface area contributed by atoms with Gasteiger partial charge in [-0.3, -0.25) is 4.90 Å². The molecule has 6 nitrogen and oxygen atoms in total. The Kier molecular flexibility index (Phi) is 7.97. The molecule has 0 aliphatic carbocycles. The number of nitrogens with one attached hydrogen (secondary N) is 2. The van der Waals surface area contributed by atoms with E-state index in [1.54, 1.807) is 7.11 Å². The fourth-order valence-electron chi connectivity index (χ4n) is 3.87. The van der Waals surface area contributed by atoms with Crippen LogP contribution in [0.25, 0.3) is 0 Å². The van der Waals surface area contributed by atoms with E-state index >= 15 is 0 Å². The summed E-state index contributed by atoms with van der Waals surface area (Å²) >= 11 is 0. The van der Waals surface area contributed by atoms with Crippen LogP contribution in [0.15, 0.2) is 48.5 Å². The van der Waals surface area contributed by atoms with Crippen molar-refractivity contribution in [3.8, 4) is 5.75 Å². The molecule has 1 heterocycles. The molecule has 1 aliphatic rings. The predicted octanol–water partition coefficient (Wildman–Crippen LogP) is 3.44. The number of ether oxygens (including phenoxy) is 1. The van der Waals surface area contributed by atoms with Crippen molar-refractivity contribution in [2.45, 2.75) is 25.3 Å². The highest BCUT2D eigenvalue weighted by Crippen LogP contribution is 2.26. The van der Waals surface area contributed by atoms with Crippen molar-refractivity contribution in [2.24, 2.45) is 0 Å². The topological polar surface area (TPSA) is 56.8 Å². The second kappa shape index (κ2) is 10.9. The molecule has 2 N–H and O–H groups in total. The Morgan fingerprint density at radius 3 is 2.30 bits per heavy atom. The molecule has 2 aromatic carbocycles. The number of methoxy groups -OCH3 is 1. The first-order chi connectivity index (χ1) is 14.6. The van der Waals surface area contributed by atoms with Crippen LogP contribution in [-0.2, 0) is 6.42 Å². The van der Waals surface area contributed by atoms with E-state index in [1.807, 2.05) is 38.4 Å². The molecule has 0 aromatic heterocycles. The lowest BCUT2D eigenvalue weighted by molar-refractivity contribution is 0.221. The number of hydrogen-bond donors (Lipinski definition) is 2. The number of benzene rings is 2. The first kappa shape index (κ1) is 22.0. The number of hydrogen-bond acceptors (Lipinski definition) is 4. The van der Waals surface area contributed by atoms with Crippen LogP contribution in [0.5, 0.6) is 5.75 Å². The average Bonchev–Trinajstić information content (AvgIpc) is 3.29. The number of amides is 2. The van der Waals surface area contributed by atoms with Gasteiger partial charge in [0.25, 0.3) is 0 Å². The van der Waals surface area contributed by atoms with Crippen molar-refractivity contribution in [2.75, 3.05) is 52.3 Å². The monoisotopic (exact) mass is 410 g/mol. The van der Waals surface area contributed by atoms with E-state index in [9.17, 15) is 4.79 Å². The minimum Gasteiger partial charge on any atom is -0.497 e. The maximum atomic E-state index is 12.4. The van der Waals surface area contributed by atoms with Gasteiger partial charge in [-0.1, -0.05) is 24.3 Å². The molecule has 2 amide bonds. The Morgan fingerprint density at radius 2 is 1.70 bits per heavy atom. The van der Waals surface area contributed by atoms with Gasteiger partial charge in [0, 0.05) is 32.9 Å². The number of carbonyl (C=O) groups excluding carboxylic acids is 1. The number of anilines is 1. The summed E-state index contributed by atoms with van der Waals surface area (Å²) in [5, 5.41) is 6.05. The van der Waals surface area contributed by atoms with Gasteiger partial charge in [0.05, 0.1) is 13.2 Å². The van der Waals surface area contributed by atoms with Crippen LogP contribution in [0.1, 0.15) is 30.0 Å². The van der Waals surface area contributed by atoms with E-state index in [4.69, 9.17) is 4.74 Å².